The number of hydrogen-bond acceptors (Lipinski definition) is 6. The summed E-state index contributed by atoms with van der Waals surface area (Å²) in [6, 6.07) is 7.46. The van der Waals surface area contributed by atoms with Crippen molar-refractivity contribution in [2.24, 2.45) is 0 Å². The summed E-state index contributed by atoms with van der Waals surface area (Å²) in [5, 5.41) is 3.56. The summed E-state index contributed by atoms with van der Waals surface area (Å²) in [6.07, 6.45) is 4.72. The molecule has 3 aliphatic heterocycles. The summed E-state index contributed by atoms with van der Waals surface area (Å²) >= 11 is 0. The molecule has 8 nitrogen and oxygen atoms in total. The van der Waals surface area contributed by atoms with Gasteiger partial charge in [-0.25, -0.2) is 4.79 Å². The predicted octanol–water partition coefficient (Wildman–Crippen LogP) is 2.26. The Morgan fingerprint density at radius 2 is 1.87 bits per heavy atom. The van der Waals surface area contributed by atoms with E-state index in [1.807, 2.05) is 24.3 Å². The van der Waals surface area contributed by atoms with Gasteiger partial charge in [0.05, 0.1) is 7.11 Å². The number of urea groups is 1. The molecule has 3 unspecified atom stereocenters. The van der Waals surface area contributed by atoms with Crippen molar-refractivity contribution in [3.8, 4) is 5.75 Å². The molecular weight excluding hydrogens is 382 g/mol. The number of likely N-dealkylation sites (N-methyl/N-ethyl adjacent to an activating group) is 1. The lowest BCUT2D eigenvalue weighted by Gasteiger charge is -2.44. The minimum Gasteiger partial charge on any atom is -0.497 e. The summed E-state index contributed by atoms with van der Waals surface area (Å²) in [6.45, 7) is 4.40. The molecule has 8 heteroatoms. The molecule has 0 saturated carbocycles. The Labute approximate surface area is 178 Å². The Morgan fingerprint density at radius 3 is 2.57 bits per heavy atom. The maximum Gasteiger partial charge on any atom is 0.327 e. The van der Waals surface area contributed by atoms with Gasteiger partial charge in [0.1, 0.15) is 24.2 Å². The van der Waals surface area contributed by atoms with E-state index in [1.54, 1.807) is 19.1 Å². The number of nitrogens with zero attached hydrogens (tertiary/aromatic N) is 4. The zero-order valence-electron chi connectivity index (χ0n) is 18.2. The van der Waals surface area contributed by atoms with Crippen molar-refractivity contribution >= 4 is 17.6 Å². The average Bonchev–Trinajstić information content (AvgIpc) is 3.17. The van der Waals surface area contributed by atoms with Crippen molar-refractivity contribution < 1.29 is 14.3 Å². The van der Waals surface area contributed by atoms with Crippen LogP contribution in [0.4, 0.5) is 10.5 Å². The van der Waals surface area contributed by atoms with Crippen molar-refractivity contribution in [3.63, 3.8) is 0 Å². The molecule has 0 aliphatic carbocycles. The second-order valence-corrected chi connectivity index (χ2v) is 8.36. The third-order valence-corrected chi connectivity index (χ3v) is 6.51. The minimum atomic E-state index is -0.343. The maximum absolute atomic E-state index is 13.4. The van der Waals surface area contributed by atoms with Crippen molar-refractivity contribution in [1.29, 1.82) is 0 Å². The van der Waals surface area contributed by atoms with E-state index in [2.05, 4.69) is 22.0 Å². The van der Waals surface area contributed by atoms with E-state index in [4.69, 9.17) is 4.74 Å². The average molecular weight is 416 g/mol. The number of ether oxygens (including phenoxy) is 1. The fourth-order valence-corrected chi connectivity index (χ4v) is 4.86. The Hall–Kier alpha value is -2.32. The number of rotatable bonds is 7. The van der Waals surface area contributed by atoms with Gasteiger partial charge in [0.25, 0.3) is 5.91 Å². The molecule has 0 aromatic heterocycles. The van der Waals surface area contributed by atoms with E-state index in [-0.39, 0.29) is 30.4 Å². The van der Waals surface area contributed by atoms with E-state index >= 15 is 0 Å². The van der Waals surface area contributed by atoms with Gasteiger partial charge < -0.3 is 14.5 Å². The molecule has 0 spiro atoms. The number of hydrogen-bond donors (Lipinski definition) is 1. The van der Waals surface area contributed by atoms with E-state index in [0.29, 0.717) is 6.54 Å². The van der Waals surface area contributed by atoms with Crippen LogP contribution in [0.3, 0.4) is 0 Å². The number of fused-ring (bicyclic) bond motifs is 3. The highest BCUT2D eigenvalue weighted by Gasteiger charge is 2.55. The number of benzene rings is 1. The summed E-state index contributed by atoms with van der Waals surface area (Å²) in [4.78, 5) is 34.0. The Kier molecular flexibility index (Phi) is 6.15. The first kappa shape index (κ1) is 20.9. The van der Waals surface area contributed by atoms with Crippen LogP contribution < -0.4 is 15.0 Å². The Morgan fingerprint density at radius 1 is 1.10 bits per heavy atom. The molecule has 3 atom stereocenters. The molecule has 0 radical (unpaired) electrons. The van der Waals surface area contributed by atoms with Crippen LogP contribution in [-0.4, -0.2) is 78.9 Å². The van der Waals surface area contributed by atoms with Gasteiger partial charge in [-0.3, -0.25) is 19.9 Å². The zero-order chi connectivity index (χ0) is 21.3. The van der Waals surface area contributed by atoms with Gasteiger partial charge in [-0.2, -0.15) is 0 Å². The van der Waals surface area contributed by atoms with Gasteiger partial charge in [-0.1, -0.05) is 26.2 Å². The van der Waals surface area contributed by atoms with Gasteiger partial charge in [-0.15, -0.1) is 0 Å². The van der Waals surface area contributed by atoms with E-state index < -0.39 is 0 Å². The summed E-state index contributed by atoms with van der Waals surface area (Å²) in [5.74, 6) is 0.756. The van der Waals surface area contributed by atoms with Crippen LogP contribution in [0.1, 0.15) is 39.0 Å². The van der Waals surface area contributed by atoms with Crippen LogP contribution in [0.25, 0.3) is 0 Å². The van der Waals surface area contributed by atoms with Gasteiger partial charge in [0, 0.05) is 32.4 Å². The second-order valence-electron chi connectivity index (χ2n) is 8.36. The molecule has 1 N–H and O–H groups in total. The third kappa shape index (κ3) is 3.63. The first-order valence-corrected chi connectivity index (χ1v) is 11.1. The van der Waals surface area contributed by atoms with Crippen molar-refractivity contribution in [2.75, 3.05) is 38.7 Å². The monoisotopic (exact) mass is 415 g/mol. The Bertz CT molecular complexity index is 771. The highest BCUT2D eigenvalue weighted by molar-refractivity contribution is 6.00. The van der Waals surface area contributed by atoms with Crippen LogP contribution >= 0.6 is 0 Å². The number of carbonyl (C=O) groups is 2. The van der Waals surface area contributed by atoms with Crippen LogP contribution in [0.5, 0.6) is 5.75 Å². The molecular formula is C22H33N5O3. The maximum atomic E-state index is 13.4. The highest BCUT2D eigenvalue weighted by Crippen LogP contribution is 2.33. The zero-order valence-corrected chi connectivity index (χ0v) is 18.2. The largest absolute Gasteiger partial charge is 0.497 e. The van der Waals surface area contributed by atoms with Gasteiger partial charge >= 0.3 is 6.03 Å². The molecule has 1 aromatic rings. The summed E-state index contributed by atoms with van der Waals surface area (Å²) < 4.78 is 5.28. The summed E-state index contributed by atoms with van der Waals surface area (Å²) in [7, 11) is 3.46. The number of carbonyl (C=O) groups excluding carboxylic acids is 2. The molecule has 3 saturated heterocycles. The van der Waals surface area contributed by atoms with Gasteiger partial charge in [0.15, 0.2) is 0 Å². The van der Waals surface area contributed by atoms with Gasteiger partial charge in [-0.05, 0) is 37.1 Å². The van der Waals surface area contributed by atoms with Crippen molar-refractivity contribution in [3.05, 3.63) is 24.3 Å². The lowest BCUT2D eigenvalue weighted by molar-refractivity contribution is -0.138. The fourth-order valence-electron chi connectivity index (χ4n) is 4.86. The normalized spacial score (nSPS) is 26.8. The molecule has 3 fully saturated rings. The first-order valence-electron chi connectivity index (χ1n) is 11.1. The SMILES string of the molecule is CCCCCCN1C(=O)C2C(NC3N(c4ccc(OC)cc4)CCCN23)N(C)C1=O. The molecule has 164 valence electrons. The number of imide groups is 1. The van der Waals surface area contributed by atoms with E-state index in [1.165, 1.54) is 4.90 Å². The predicted molar refractivity (Wildman–Crippen MR) is 115 cm³/mol. The third-order valence-electron chi connectivity index (χ3n) is 6.51. The van der Waals surface area contributed by atoms with Crippen LogP contribution in [-0.2, 0) is 4.79 Å². The first-order chi connectivity index (χ1) is 14.6. The van der Waals surface area contributed by atoms with Crippen LogP contribution in [0.15, 0.2) is 24.3 Å². The van der Waals surface area contributed by atoms with Gasteiger partial charge in [0.2, 0.25) is 0 Å². The number of unbranched alkanes of at least 4 members (excludes halogenated alkanes) is 3. The van der Waals surface area contributed by atoms with Crippen LogP contribution in [0, 0.1) is 0 Å². The second kappa shape index (κ2) is 8.81. The Balaban J connectivity index is 1.53. The lowest BCUT2D eigenvalue weighted by atomic mass is 10.1. The summed E-state index contributed by atoms with van der Waals surface area (Å²) in [5.41, 5.74) is 1.08. The smallest absolute Gasteiger partial charge is 0.327 e. The number of nitrogens with one attached hydrogen (secondary N) is 1. The molecule has 3 heterocycles. The standard InChI is InChI=1S/C22H33N5O3/c1-4-5-6-7-13-27-20(28)18-19(24(2)22(27)29)23-21-25(14-8-15-26(18)21)16-9-11-17(30-3)12-10-16/h9-12,18-19,21,23H,4-8,13-15H2,1-3H3. The molecule has 0 bridgehead atoms. The number of anilines is 1. The van der Waals surface area contributed by atoms with E-state index in [9.17, 15) is 9.59 Å². The minimum absolute atomic E-state index is 0.0637. The van der Waals surface area contributed by atoms with Crippen molar-refractivity contribution in [2.45, 2.75) is 57.5 Å². The van der Waals surface area contributed by atoms with Crippen LogP contribution in [0.2, 0.25) is 0 Å². The quantitative estimate of drug-likeness (QED) is 0.689. The molecule has 4 rings (SSSR count). The molecule has 1 aromatic carbocycles. The number of methoxy groups -OCH3 is 1. The highest BCUT2D eigenvalue weighted by atomic mass is 16.5. The van der Waals surface area contributed by atoms with Crippen molar-refractivity contribution in [1.82, 2.24) is 20.0 Å². The molecule has 3 amide bonds. The molecule has 3 aliphatic rings. The van der Waals surface area contributed by atoms with E-state index in [0.717, 1.165) is 56.6 Å². The fraction of sp³-hybridized carbons (Fsp3) is 0.636. The molecule has 30 heavy (non-hydrogen) atoms. The number of amides is 3. The lowest BCUT2D eigenvalue weighted by Crippen LogP contribution is -2.66. The topological polar surface area (TPSA) is 68.4 Å².